The van der Waals surface area contributed by atoms with Crippen LogP contribution in [0.3, 0.4) is 0 Å². The number of thiophene rings is 1. The summed E-state index contributed by atoms with van der Waals surface area (Å²) in [4.78, 5) is 16.3. The minimum absolute atomic E-state index is 0.575. The van der Waals surface area contributed by atoms with Gasteiger partial charge < -0.3 is 0 Å². The number of benzene rings is 10. The summed E-state index contributed by atoms with van der Waals surface area (Å²) >= 11 is 1.81. The maximum Gasteiger partial charge on any atom is 0.238 e. The normalized spacial score (nSPS) is 11.8. The third kappa shape index (κ3) is 7.00. The molecule has 69 heavy (non-hydrogen) atoms. The van der Waals surface area contributed by atoms with E-state index in [1.165, 1.54) is 63.2 Å². The molecule has 0 amide bonds. The van der Waals surface area contributed by atoms with Gasteiger partial charge in [-0.1, -0.05) is 218 Å². The molecule has 4 nitrogen and oxygen atoms in total. The first-order valence-corrected chi connectivity index (χ1v) is 26.2. The number of fused-ring (bicyclic) bond motifs is 6. The highest BCUT2D eigenvalue weighted by molar-refractivity contribution is 7.25. The predicted octanol–water partition coefficient (Wildman–Crippen LogP) is 13.4. The van der Waals surface area contributed by atoms with Crippen molar-refractivity contribution in [3.05, 3.63) is 255 Å². The summed E-state index contributed by atoms with van der Waals surface area (Å²) < 4.78 is 4.70. The smallest absolute Gasteiger partial charge is 0.238 e. The second-order valence-electron chi connectivity index (χ2n) is 17.6. The van der Waals surface area contributed by atoms with Crippen LogP contribution < -0.4 is 20.7 Å². The van der Waals surface area contributed by atoms with Crippen LogP contribution in [0.1, 0.15) is 0 Å². The van der Waals surface area contributed by atoms with E-state index < -0.39 is 8.07 Å². The number of hydrogen-bond acceptors (Lipinski definition) is 4. The topological polar surface area (TPSA) is 43.6 Å². The molecule has 13 rings (SSSR count). The second-order valence-corrected chi connectivity index (χ2v) is 22.4. The average Bonchev–Trinajstić information content (AvgIpc) is 3.98. The fraction of sp³-hybridized carbons (Fsp3) is 0. The average molecular weight is 915 g/mol. The summed E-state index contributed by atoms with van der Waals surface area (Å²) in [5.41, 5.74) is 8.69. The van der Waals surface area contributed by atoms with Crippen LogP contribution in [0.15, 0.2) is 255 Å². The van der Waals surface area contributed by atoms with Crippen molar-refractivity contribution in [2.45, 2.75) is 0 Å². The highest BCUT2D eigenvalue weighted by atomic mass is 32.1. The van der Waals surface area contributed by atoms with Crippen molar-refractivity contribution in [3.8, 4) is 51.0 Å². The molecular weight excluding hydrogens is 873 g/mol. The van der Waals surface area contributed by atoms with Gasteiger partial charge in [0.15, 0.2) is 19.7 Å². The summed E-state index contributed by atoms with van der Waals surface area (Å²) in [6.07, 6.45) is 0. The molecule has 3 aromatic heterocycles. The summed E-state index contributed by atoms with van der Waals surface area (Å²) in [5.74, 6) is 1.81. The molecule has 0 radical (unpaired) electrons. The zero-order valence-corrected chi connectivity index (χ0v) is 39.3. The van der Waals surface area contributed by atoms with E-state index in [0.29, 0.717) is 17.6 Å². The van der Waals surface area contributed by atoms with Crippen molar-refractivity contribution in [2.24, 2.45) is 0 Å². The summed E-state index contributed by atoms with van der Waals surface area (Å²) in [6.45, 7) is 0. The van der Waals surface area contributed by atoms with Gasteiger partial charge in [0.2, 0.25) is 5.95 Å². The lowest BCUT2D eigenvalue weighted by Crippen LogP contribution is -2.74. The molecule has 0 bridgehead atoms. The molecule has 10 aromatic carbocycles. The molecule has 0 saturated heterocycles. The minimum Gasteiger partial charge on any atom is -0.278 e. The van der Waals surface area contributed by atoms with Crippen LogP contribution in [0.4, 0.5) is 0 Å². The van der Waals surface area contributed by atoms with E-state index >= 15 is 0 Å². The van der Waals surface area contributed by atoms with E-state index in [1.54, 1.807) is 0 Å². The molecule has 324 valence electrons. The SMILES string of the molecule is c1ccc(-c2cccc([Si](c3ccccc3)(c3cccc(-c4ccccc4)c3)c3cccc(-c4nc(-c5ccc6sc7ccccc7c6c5)nc(-n5c6ccccc6c6ccccc65)n4)c3)c2)cc1. The van der Waals surface area contributed by atoms with Gasteiger partial charge in [-0.05, 0) is 79.4 Å². The van der Waals surface area contributed by atoms with Gasteiger partial charge in [0.25, 0.3) is 0 Å². The van der Waals surface area contributed by atoms with Crippen molar-refractivity contribution in [2.75, 3.05) is 0 Å². The van der Waals surface area contributed by atoms with Gasteiger partial charge in [-0.3, -0.25) is 4.57 Å². The van der Waals surface area contributed by atoms with Crippen LogP contribution >= 0.6 is 11.3 Å². The molecular formula is C63H42N4SSi. The van der Waals surface area contributed by atoms with Gasteiger partial charge in [-0.25, -0.2) is 4.98 Å². The minimum atomic E-state index is -3.13. The first kappa shape index (κ1) is 40.7. The van der Waals surface area contributed by atoms with Crippen molar-refractivity contribution in [1.29, 1.82) is 0 Å². The quantitative estimate of drug-likeness (QED) is 0.107. The number of rotatable bonds is 9. The third-order valence-electron chi connectivity index (χ3n) is 13.6. The fourth-order valence-electron chi connectivity index (χ4n) is 10.4. The van der Waals surface area contributed by atoms with Crippen molar-refractivity contribution >= 4 is 82.1 Å². The summed E-state index contributed by atoms with van der Waals surface area (Å²) in [6, 6.07) is 92.5. The number of aromatic nitrogens is 4. The Morgan fingerprint density at radius 2 is 0.710 bits per heavy atom. The third-order valence-corrected chi connectivity index (χ3v) is 19.5. The van der Waals surface area contributed by atoms with Crippen LogP contribution in [0.2, 0.25) is 0 Å². The Hall–Kier alpha value is -8.55. The Labute approximate surface area is 405 Å². The second kappa shape index (κ2) is 17.0. The molecule has 0 aliphatic rings. The van der Waals surface area contributed by atoms with Crippen molar-refractivity contribution < 1.29 is 0 Å². The molecule has 0 saturated carbocycles. The van der Waals surface area contributed by atoms with Gasteiger partial charge in [-0.2, -0.15) is 9.97 Å². The Morgan fingerprint density at radius 3 is 1.29 bits per heavy atom. The van der Waals surface area contributed by atoms with Crippen LogP contribution in [0, 0.1) is 0 Å². The van der Waals surface area contributed by atoms with Gasteiger partial charge in [0.1, 0.15) is 0 Å². The molecule has 0 aliphatic heterocycles. The van der Waals surface area contributed by atoms with Crippen molar-refractivity contribution in [1.82, 2.24) is 19.5 Å². The van der Waals surface area contributed by atoms with Crippen LogP contribution in [0.25, 0.3) is 93.0 Å². The summed E-state index contributed by atoms with van der Waals surface area (Å²) in [5, 5.41) is 9.83. The van der Waals surface area contributed by atoms with E-state index in [4.69, 9.17) is 15.0 Å². The van der Waals surface area contributed by atoms with Gasteiger partial charge in [-0.15, -0.1) is 11.3 Å². The first-order chi connectivity index (χ1) is 34.2. The first-order valence-electron chi connectivity index (χ1n) is 23.3. The van der Waals surface area contributed by atoms with E-state index in [2.05, 4.69) is 259 Å². The zero-order chi connectivity index (χ0) is 45.7. The number of nitrogens with zero attached hydrogens (tertiary/aromatic N) is 4. The van der Waals surface area contributed by atoms with E-state index in [0.717, 1.165) is 32.9 Å². The van der Waals surface area contributed by atoms with Crippen molar-refractivity contribution in [3.63, 3.8) is 0 Å². The molecule has 0 atom stereocenters. The Balaban J connectivity index is 1.08. The van der Waals surface area contributed by atoms with Gasteiger partial charge in [0.05, 0.1) is 11.0 Å². The predicted molar refractivity (Wildman–Crippen MR) is 292 cm³/mol. The molecule has 0 N–H and O–H groups in total. The van der Waals surface area contributed by atoms with Crippen LogP contribution in [-0.2, 0) is 0 Å². The molecule has 6 heteroatoms. The van der Waals surface area contributed by atoms with Crippen LogP contribution in [0.5, 0.6) is 0 Å². The lowest BCUT2D eigenvalue weighted by molar-refractivity contribution is 0.954. The molecule has 0 aliphatic carbocycles. The number of para-hydroxylation sites is 2. The maximum atomic E-state index is 5.48. The lowest BCUT2D eigenvalue weighted by Gasteiger charge is -2.35. The standard InChI is InChI=1S/C63H42N4SSi/c1-4-19-43(20-5-1)45-23-16-28-50(39-45)69(49-26-8-3-9-27-49,51-29-17-24-46(40-51)44-21-6-2-7-22-44)52-30-18-25-47(41-52)61-64-62(48-37-38-60-56(42-48)55-33-12-15-36-59(55)68-60)66-63(65-61)67-57-34-13-10-31-53(57)54-32-11-14-35-58(54)67/h1-42H. The highest BCUT2D eigenvalue weighted by Gasteiger charge is 2.42. The Kier molecular flexibility index (Phi) is 10.00. The molecule has 0 unspecified atom stereocenters. The molecule has 13 aromatic rings. The maximum absolute atomic E-state index is 5.48. The largest absolute Gasteiger partial charge is 0.278 e. The number of hydrogen-bond donors (Lipinski definition) is 0. The Morgan fingerprint density at radius 1 is 0.290 bits per heavy atom. The van der Waals surface area contributed by atoms with Gasteiger partial charge >= 0.3 is 0 Å². The zero-order valence-electron chi connectivity index (χ0n) is 37.4. The lowest BCUT2D eigenvalue weighted by atomic mass is 10.1. The Bertz CT molecular complexity index is 3900. The monoisotopic (exact) mass is 914 g/mol. The van der Waals surface area contributed by atoms with E-state index in [-0.39, 0.29) is 0 Å². The van der Waals surface area contributed by atoms with E-state index in [9.17, 15) is 0 Å². The fourth-order valence-corrected chi connectivity index (χ4v) is 16.4. The van der Waals surface area contributed by atoms with Gasteiger partial charge in [0, 0.05) is 42.1 Å². The van der Waals surface area contributed by atoms with Crippen LogP contribution in [-0.4, -0.2) is 27.6 Å². The molecule has 0 fully saturated rings. The molecule has 3 heterocycles. The van der Waals surface area contributed by atoms with E-state index in [1.807, 2.05) is 11.3 Å². The highest BCUT2D eigenvalue weighted by Crippen LogP contribution is 2.37. The summed E-state index contributed by atoms with van der Waals surface area (Å²) in [7, 11) is -3.13. The molecule has 0 spiro atoms.